The van der Waals surface area contributed by atoms with E-state index in [0.717, 1.165) is 5.69 Å². The number of nitrogens with one attached hydrogen (secondary N) is 1. The molecule has 0 radical (unpaired) electrons. The van der Waals surface area contributed by atoms with Crippen molar-refractivity contribution < 1.29 is 22.7 Å². The number of benzene rings is 1. The number of anilines is 2. The van der Waals surface area contributed by atoms with Crippen molar-refractivity contribution in [2.24, 2.45) is 0 Å². The quantitative estimate of drug-likeness (QED) is 0.542. The van der Waals surface area contributed by atoms with Crippen LogP contribution in [0.1, 0.15) is 10.4 Å². The fourth-order valence-electron chi connectivity index (χ4n) is 4.05. The first kappa shape index (κ1) is 23.4. The maximum Gasteiger partial charge on any atom is 0.257 e. The van der Waals surface area contributed by atoms with Gasteiger partial charge in [0.25, 0.3) is 5.91 Å². The molecule has 0 saturated carbocycles. The molecule has 35 heavy (non-hydrogen) atoms. The summed E-state index contributed by atoms with van der Waals surface area (Å²) in [6.07, 6.45) is 4.87. The van der Waals surface area contributed by atoms with Crippen molar-refractivity contribution >= 4 is 27.3 Å². The molecule has 4 heterocycles. The molecule has 3 aromatic rings. The zero-order valence-corrected chi connectivity index (χ0v) is 19.9. The average molecular weight is 499 g/mol. The highest BCUT2D eigenvalue weighted by molar-refractivity contribution is 7.89. The van der Waals surface area contributed by atoms with Crippen LogP contribution in [0.25, 0.3) is 5.82 Å². The summed E-state index contributed by atoms with van der Waals surface area (Å²) in [5.41, 5.74) is 1.50. The highest BCUT2D eigenvalue weighted by Gasteiger charge is 2.28. The number of amides is 1. The molecule has 2 aliphatic rings. The summed E-state index contributed by atoms with van der Waals surface area (Å²) in [7, 11) is -3.73. The first-order valence-corrected chi connectivity index (χ1v) is 12.8. The minimum Gasteiger partial charge on any atom is -0.379 e. The monoisotopic (exact) mass is 498 g/mol. The molecule has 2 aliphatic heterocycles. The summed E-state index contributed by atoms with van der Waals surface area (Å²) >= 11 is 0. The van der Waals surface area contributed by atoms with Gasteiger partial charge in [0.15, 0.2) is 5.82 Å². The number of pyridine rings is 1. The molecular weight excluding hydrogens is 472 g/mol. The lowest BCUT2D eigenvalue weighted by Gasteiger charge is -2.31. The number of aromatic nitrogens is 3. The predicted octanol–water partition coefficient (Wildman–Crippen LogP) is 1.38. The van der Waals surface area contributed by atoms with Crippen molar-refractivity contribution in [1.82, 2.24) is 19.1 Å². The average Bonchev–Trinajstić information content (AvgIpc) is 3.45. The molecule has 11 nitrogen and oxygen atoms in total. The molecule has 2 saturated heterocycles. The fraction of sp³-hybridized carbons (Fsp3) is 0.348. The number of sulfonamides is 1. The van der Waals surface area contributed by atoms with E-state index in [1.54, 1.807) is 47.4 Å². The van der Waals surface area contributed by atoms with E-state index in [-0.39, 0.29) is 10.8 Å². The Bertz CT molecular complexity index is 1270. The summed E-state index contributed by atoms with van der Waals surface area (Å²) in [6.45, 7) is 3.69. The third-order valence-electron chi connectivity index (χ3n) is 5.93. The molecule has 5 rings (SSSR count). The molecule has 0 unspecified atom stereocenters. The Labute approximate surface area is 203 Å². The van der Waals surface area contributed by atoms with Crippen LogP contribution in [-0.4, -0.2) is 86.0 Å². The largest absolute Gasteiger partial charge is 0.379 e. The van der Waals surface area contributed by atoms with Gasteiger partial charge in [0.2, 0.25) is 10.0 Å². The Balaban J connectivity index is 1.44. The number of nitrogens with zero attached hydrogens (tertiary/aromatic N) is 5. The van der Waals surface area contributed by atoms with Crippen molar-refractivity contribution in [3.05, 3.63) is 60.6 Å². The molecule has 1 N–H and O–H groups in total. The lowest BCUT2D eigenvalue weighted by Crippen LogP contribution is -2.40. The SMILES string of the molecule is O=C(Nc1cc(S(=O)(=O)N2CCOCC2)ccc1N1CCOCC1)c1ccc(-n2cccn2)nc1. The van der Waals surface area contributed by atoms with Gasteiger partial charge in [-0.3, -0.25) is 4.79 Å². The molecule has 0 bridgehead atoms. The highest BCUT2D eigenvalue weighted by Crippen LogP contribution is 2.31. The molecule has 2 fully saturated rings. The summed E-state index contributed by atoms with van der Waals surface area (Å²) < 4.78 is 40.2. The van der Waals surface area contributed by atoms with E-state index in [1.807, 2.05) is 0 Å². The summed E-state index contributed by atoms with van der Waals surface area (Å²) in [5.74, 6) is 0.194. The maximum atomic E-state index is 13.2. The van der Waals surface area contributed by atoms with E-state index in [9.17, 15) is 13.2 Å². The molecular formula is C23H26N6O5S. The van der Waals surface area contributed by atoms with E-state index in [1.165, 1.54) is 16.6 Å². The van der Waals surface area contributed by atoms with Crippen LogP contribution in [0.4, 0.5) is 11.4 Å². The molecule has 2 aromatic heterocycles. The minimum absolute atomic E-state index is 0.124. The predicted molar refractivity (Wildman–Crippen MR) is 128 cm³/mol. The Hall–Kier alpha value is -3.32. The summed E-state index contributed by atoms with van der Waals surface area (Å²) in [4.78, 5) is 19.6. The van der Waals surface area contributed by atoms with Crippen molar-refractivity contribution in [2.45, 2.75) is 4.90 Å². The molecule has 0 aliphatic carbocycles. The van der Waals surface area contributed by atoms with Gasteiger partial charge < -0.3 is 19.7 Å². The van der Waals surface area contributed by atoms with E-state index < -0.39 is 10.0 Å². The second-order valence-corrected chi connectivity index (χ2v) is 10.0. The first-order valence-electron chi connectivity index (χ1n) is 11.3. The van der Waals surface area contributed by atoms with Crippen LogP contribution in [0.2, 0.25) is 0 Å². The van der Waals surface area contributed by atoms with Crippen LogP contribution in [-0.2, 0) is 19.5 Å². The second kappa shape index (κ2) is 10.1. The number of carbonyl (C=O) groups excluding carboxylic acids is 1. The van der Waals surface area contributed by atoms with Crippen LogP contribution >= 0.6 is 0 Å². The Kier molecular flexibility index (Phi) is 6.77. The van der Waals surface area contributed by atoms with Gasteiger partial charge in [-0.15, -0.1) is 0 Å². The van der Waals surface area contributed by atoms with Crippen molar-refractivity contribution in [1.29, 1.82) is 0 Å². The zero-order chi connectivity index (χ0) is 24.3. The number of ether oxygens (including phenoxy) is 2. The van der Waals surface area contributed by atoms with Crippen molar-refractivity contribution in [3.8, 4) is 5.82 Å². The van der Waals surface area contributed by atoms with Crippen molar-refractivity contribution in [2.75, 3.05) is 62.8 Å². The van der Waals surface area contributed by atoms with Crippen LogP contribution < -0.4 is 10.2 Å². The lowest BCUT2D eigenvalue weighted by molar-refractivity contribution is 0.0730. The molecule has 0 atom stereocenters. The lowest BCUT2D eigenvalue weighted by atomic mass is 10.2. The number of rotatable bonds is 6. The Morgan fingerprint density at radius 1 is 0.971 bits per heavy atom. The van der Waals surface area contributed by atoms with Crippen LogP contribution in [0.5, 0.6) is 0 Å². The molecule has 1 amide bonds. The van der Waals surface area contributed by atoms with Crippen LogP contribution in [0.15, 0.2) is 59.9 Å². The maximum absolute atomic E-state index is 13.2. The summed E-state index contributed by atoms with van der Waals surface area (Å²) in [5, 5.41) is 7.03. The molecule has 184 valence electrons. The zero-order valence-electron chi connectivity index (χ0n) is 19.0. The van der Waals surface area contributed by atoms with Gasteiger partial charge >= 0.3 is 0 Å². The molecule has 1 aromatic carbocycles. The van der Waals surface area contributed by atoms with Gasteiger partial charge in [0.1, 0.15) is 0 Å². The third kappa shape index (κ3) is 5.05. The normalized spacial score (nSPS) is 17.3. The van der Waals surface area contributed by atoms with Gasteiger partial charge in [0, 0.05) is 44.8 Å². The van der Waals surface area contributed by atoms with Gasteiger partial charge in [-0.25, -0.2) is 18.1 Å². The van der Waals surface area contributed by atoms with Gasteiger partial charge in [0.05, 0.1) is 48.3 Å². The van der Waals surface area contributed by atoms with Crippen LogP contribution in [0.3, 0.4) is 0 Å². The second-order valence-electron chi connectivity index (χ2n) is 8.10. The smallest absolute Gasteiger partial charge is 0.257 e. The van der Waals surface area contributed by atoms with Gasteiger partial charge in [-0.2, -0.15) is 9.40 Å². The van der Waals surface area contributed by atoms with Gasteiger partial charge in [-0.1, -0.05) is 0 Å². The number of carbonyl (C=O) groups is 1. The standard InChI is InChI=1S/C23H26N6O5S/c30-23(18-2-5-22(24-17-18)29-7-1-6-25-29)26-20-16-19(35(31,32)28-10-14-34-15-11-28)3-4-21(20)27-8-12-33-13-9-27/h1-7,16-17H,8-15H2,(H,26,30). The summed E-state index contributed by atoms with van der Waals surface area (Å²) in [6, 6.07) is 10.00. The minimum atomic E-state index is -3.73. The van der Waals surface area contributed by atoms with E-state index in [4.69, 9.17) is 9.47 Å². The molecule has 12 heteroatoms. The first-order chi connectivity index (χ1) is 17.0. The highest BCUT2D eigenvalue weighted by atomic mass is 32.2. The van der Waals surface area contributed by atoms with E-state index in [0.29, 0.717) is 69.7 Å². The van der Waals surface area contributed by atoms with E-state index >= 15 is 0 Å². The van der Waals surface area contributed by atoms with Crippen molar-refractivity contribution in [3.63, 3.8) is 0 Å². The number of morpholine rings is 2. The van der Waals surface area contributed by atoms with E-state index in [2.05, 4.69) is 20.3 Å². The Morgan fingerprint density at radius 3 is 2.37 bits per heavy atom. The van der Waals surface area contributed by atoms with Crippen LogP contribution in [0, 0.1) is 0 Å². The fourth-order valence-corrected chi connectivity index (χ4v) is 5.48. The number of hydrogen-bond donors (Lipinski definition) is 1. The number of hydrogen-bond acceptors (Lipinski definition) is 8. The van der Waals surface area contributed by atoms with Gasteiger partial charge in [-0.05, 0) is 36.4 Å². The topological polar surface area (TPSA) is 119 Å². The molecule has 0 spiro atoms. The third-order valence-corrected chi connectivity index (χ3v) is 7.82. The Morgan fingerprint density at radius 2 is 1.71 bits per heavy atom.